The molecule has 2 aliphatic heterocycles. The van der Waals surface area contributed by atoms with Crippen molar-refractivity contribution in [2.75, 3.05) is 43.0 Å². The third kappa shape index (κ3) is 7.26. The third-order valence-electron chi connectivity index (χ3n) is 7.09. The second-order valence-corrected chi connectivity index (χ2v) is 10.5. The molecular weight excluding hydrogens is 538 g/mol. The smallest absolute Gasteiger partial charge is 0.256 e. The van der Waals surface area contributed by atoms with Gasteiger partial charge < -0.3 is 25.6 Å². The number of nitrogens with two attached hydrogens (primary N) is 1. The molecule has 2 heterocycles. The van der Waals surface area contributed by atoms with Crippen molar-refractivity contribution < 1.29 is 19.1 Å². The molecule has 3 amide bonds. The second-order valence-electron chi connectivity index (χ2n) is 9.72. The van der Waals surface area contributed by atoms with Crippen molar-refractivity contribution in [3.05, 3.63) is 53.6 Å². The van der Waals surface area contributed by atoms with Crippen molar-refractivity contribution in [2.24, 2.45) is 11.7 Å². The Hall–Kier alpha value is -3.21. The van der Waals surface area contributed by atoms with Crippen LogP contribution >= 0.6 is 23.8 Å². The molecule has 1 atom stereocenters. The van der Waals surface area contributed by atoms with E-state index in [0.717, 1.165) is 44.6 Å². The number of anilines is 2. The summed E-state index contributed by atoms with van der Waals surface area (Å²) in [6.07, 6.45) is 2.23. The van der Waals surface area contributed by atoms with E-state index in [4.69, 9.17) is 34.3 Å². The van der Waals surface area contributed by atoms with Gasteiger partial charge in [0, 0.05) is 23.2 Å². The fraction of sp³-hybridized carbons (Fsp3) is 0.429. The molecule has 2 aromatic rings. The Morgan fingerprint density at radius 1 is 1.08 bits per heavy atom. The molecule has 2 fully saturated rings. The number of hydrogen-bond donors (Lipinski definition) is 2. The van der Waals surface area contributed by atoms with Crippen molar-refractivity contribution in [1.29, 1.82) is 0 Å². The van der Waals surface area contributed by atoms with E-state index in [9.17, 15) is 14.4 Å². The lowest BCUT2D eigenvalue weighted by molar-refractivity contribution is -0.124. The van der Waals surface area contributed by atoms with Gasteiger partial charge in [0.2, 0.25) is 11.8 Å². The number of thiocarbonyl (C=S) groups is 1. The molecule has 3 N–H and O–H groups in total. The fourth-order valence-electron chi connectivity index (χ4n) is 5.01. The molecule has 0 saturated carbocycles. The first-order valence-corrected chi connectivity index (χ1v) is 14.0. The molecule has 9 nitrogen and oxygen atoms in total. The lowest BCUT2D eigenvalue weighted by atomic mass is 9.96. The lowest BCUT2D eigenvalue weighted by Crippen LogP contribution is -2.41. The number of likely N-dealkylation sites (tertiary alicyclic amines) is 1. The number of hydrogen-bond acceptors (Lipinski definition) is 6. The minimum absolute atomic E-state index is 0.0414. The average Bonchev–Trinajstić information content (AvgIpc) is 3.14. The molecule has 0 bridgehead atoms. The number of carbonyl (C=O) groups is 3. The third-order valence-corrected chi connectivity index (χ3v) is 7.76. The molecule has 2 saturated heterocycles. The van der Waals surface area contributed by atoms with Crippen LogP contribution in [0.5, 0.6) is 5.75 Å². The summed E-state index contributed by atoms with van der Waals surface area (Å²) in [7, 11) is 0. The predicted molar refractivity (Wildman–Crippen MR) is 156 cm³/mol. The van der Waals surface area contributed by atoms with Gasteiger partial charge in [-0.3, -0.25) is 19.3 Å². The van der Waals surface area contributed by atoms with E-state index >= 15 is 0 Å². The Bertz CT molecular complexity index is 1190. The lowest BCUT2D eigenvalue weighted by Gasteiger charge is -2.31. The monoisotopic (exact) mass is 571 g/mol. The molecule has 0 aliphatic carbocycles. The Labute approximate surface area is 239 Å². The van der Waals surface area contributed by atoms with E-state index in [1.807, 2.05) is 11.8 Å². The summed E-state index contributed by atoms with van der Waals surface area (Å²) in [4.78, 5) is 43.7. The van der Waals surface area contributed by atoms with Gasteiger partial charge in [-0.1, -0.05) is 11.6 Å². The summed E-state index contributed by atoms with van der Waals surface area (Å²) in [5, 5.41) is 3.80. The van der Waals surface area contributed by atoms with Crippen LogP contribution in [0, 0.1) is 5.92 Å². The number of nitrogens with zero attached hydrogens (tertiary/aromatic N) is 3. The Balaban J connectivity index is 1.42. The standard InChI is InChI=1S/C28H34ClN5O4S/c1-2-38-23-10-6-21(7-11-23)31-25(35)18-24-27(37)34(22-8-4-20(29)5-9-22)28(39)33(24)15-3-14-32-16-12-19(13-17-32)26(30)36/h4-11,19,24H,2-3,12-18H2,1H3,(H2,30,36)(H,31,35)/t24-/m0/s1. The van der Waals surface area contributed by atoms with Crippen molar-refractivity contribution >= 4 is 58.0 Å². The predicted octanol–water partition coefficient (Wildman–Crippen LogP) is 3.66. The van der Waals surface area contributed by atoms with E-state index in [-0.39, 0.29) is 30.1 Å². The van der Waals surface area contributed by atoms with Gasteiger partial charge in [-0.15, -0.1) is 0 Å². The highest BCUT2D eigenvalue weighted by Crippen LogP contribution is 2.29. The quantitative estimate of drug-likeness (QED) is 0.396. The average molecular weight is 572 g/mol. The summed E-state index contributed by atoms with van der Waals surface area (Å²) in [6.45, 7) is 5.39. The number of halogens is 1. The highest BCUT2D eigenvalue weighted by molar-refractivity contribution is 7.80. The minimum atomic E-state index is -0.725. The van der Waals surface area contributed by atoms with E-state index in [2.05, 4.69) is 10.2 Å². The summed E-state index contributed by atoms with van der Waals surface area (Å²) in [5.41, 5.74) is 6.69. The Kier molecular flexibility index (Phi) is 9.77. The van der Waals surface area contributed by atoms with E-state index < -0.39 is 6.04 Å². The fourth-order valence-corrected chi connectivity index (χ4v) is 5.55. The zero-order valence-corrected chi connectivity index (χ0v) is 23.5. The highest BCUT2D eigenvalue weighted by Gasteiger charge is 2.44. The van der Waals surface area contributed by atoms with Crippen LogP contribution in [0.1, 0.15) is 32.6 Å². The van der Waals surface area contributed by atoms with E-state index in [1.54, 1.807) is 48.5 Å². The first-order valence-electron chi connectivity index (χ1n) is 13.2. The zero-order valence-electron chi connectivity index (χ0n) is 22.0. The van der Waals surface area contributed by atoms with Crippen LogP contribution in [0.4, 0.5) is 11.4 Å². The van der Waals surface area contributed by atoms with Crippen molar-refractivity contribution in [3.63, 3.8) is 0 Å². The van der Waals surface area contributed by atoms with Crippen LogP contribution in [0.15, 0.2) is 48.5 Å². The van der Waals surface area contributed by atoms with E-state index in [1.165, 1.54) is 4.90 Å². The van der Waals surface area contributed by atoms with Crippen LogP contribution < -0.4 is 20.7 Å². The number of nitrogens with one attached hydrogen (secondary N) is 1. The van der Waals surface area contributed by atoms with E-state index in [0.29, 0.717) is 34.7 Å². The van der Waals surface area contributed by atoms with Gasteiger partial charge in [0.05, 0.1) is 18.7 Å². The highest BCUT2D eigenvalue weighted by atomic mass is 35.5. The van der Waals surface area contributed by atoms with Crippen molar-refractivity contribution in [3.8, 4) is 5.75 Å². The minimum Gasteiger partial charge on any atom is -0.494 e. The van der Waals surface area contributed by atoms with Gasteiger partial charge in [-0.25, -0.2) is 0 Å². The number of primary amides is 1. The topological polar surface area (TPSA) is 108 Å². The largest absolute Gasteiger partial charge is 0.494 e. The Morgan fingerprint density at radius 2 is 1.74 bits per heavy atom. The molecule has 0 aromatic heterocycles. The van der Waals surface area contributed by atoms with Gasteiger partial charge in [0.15, 0.2) is 5.11 Å². The number of benzene rings is 2. The number of carbonyl (C=O) groups excluding carboxylic acids is 3. The summed E-state index contributed by atoms with van der Waals surface area (Å²) < 4.78 is 5.46. The van der Waals surface area contributed by atoms with Gasteiger partial charge >= 0.3 is 0 Å². The molecule has 4 rings (SSSR count). The molecule has 208 valence electrons. The maximum atomic E-state index is 13.6. The first-order chi connectivity index (χ1) is 18.8. The first kappa shape index (κ1) is 28.8. The normalized spacial score (nSPS) is 18.5. The molecule has 39 heavy (non-hydrogen) atoms. The zero-order chi connectivity index (χ0) is 27.9. The number of amides is 3. The van der Waals surface area contributed by atoms with Gasteiger partial charge in [-0.2, -0.15) is 0 Å². The molecule has 0 spiro atoms. The molecule has 2 aromatic carbocycles. The van der Waals surface area contributed by atoms with Gasteiger partial charge in [0.25, 0.3) is 5.91 Å². The van der Waals surface area contributed by atoms with Crippen LogP contribution in [-0.4, -0.2) is 71.5 Å². The maximum Gasteiger partial charge on any atom is 0.256 e. The molecule has 0 radical (unpaired) electrons. The second kappa shape index (κ2) is 13.2. The Morgan fingerprint density at radius 3 is 2.36 bits per heavy atom. The van der Waals surface area contributed by atoms with Gasteiger partial charge in [0.1, 0.15) is 11.8 Å². The summed E-state index contributed by atoms with van der Waals surface area (Å²) >= 11 is 11.8. The summed E-state index contributed by atoms with van der Waals surface area (Å²) in [5.74, 6) is -0.0980. The van der Waals surface area contributed by atoms with Gasteiger partial charge in [-0.05, 0) is 107 Å². The molecule has 0 unspecified atom stereocenters. The van der Waals surface area contributed by atoms with Crippen molar-refractivity contribution in [2.45, 2.75) is 38.6 Å². The SMILES string of the molecule is CCOc1ccc(NC(=O)C[C@H]2C(=O)N(c3ccc(Cl)cc3)C(=S)N2CCCN2CCC(C(N)=O)CC2)cc1. The van der Waals surface area contributed by atoms with Crippen LogP contribution in [0.2, 0.25) is 5.02 Å². The molecular formula is C28H34ClN5O4S. The van der Waals surface area contributed by atoms with Crippen molar-refractivity contribution in [1.82, 2.24) is 9.80 Å². The van der Waals surface area contributed by atoms with Crippen LogP contribution in [-0.2, 0) is 14.4 Å². The number of rotatable bonds is 11. The van der Waals surface area contributed by atoms with Crippen LogP contribution in [0.25, 0.3) is 0 Å². The number of ether oxygens (including phenoxy) is 1. The molecule has 11 heteroatoms. The number of piperidine rings is 1. The molecule has 2 aliphatic rings. The summed E-state index contributed by atoms with van der Waals surface area (Å²) in [6, 6.07) is 13.3. The van der Waals surface area contributed by atoms with Crippen LogP contribution in [0.3, 0.4) is 0 Å². The maximum absolute atomic E-state index is 13.6.